The van der Waals surface area contributed by atoms with Gasteiger partial charge in [0.2, 0.25) is 0 Å². The van der Waals surface area contributed by atoms with E-state index in [1.165, 1.54) is 7.11 Å². The highest BCUT2D eigenvalue weighted by molar-refractivity contribution is 5.80. The van der Waals surface area contributed by atoms with Crippen molar-refractivity contribution in [2.45, 2.75) is 0 Å². The zero-order chi connectivity index (χ0) is 13.9. The number of benzene rings is 1. The summed E-state index contributed by atoms with van der Waals surface area (Å²) in [5, 5.41) is 2.53. The molecule has 1 amide bonds. The summed E-state index contributed by atoms with van der Waals surface area (Å²) in [4.78, 5) is 22.5. The first-order valence-corrected chi connectivity index (χ1v) is 5.81. The summed E-state index contributed by atoms with van der Waals surface area (Å²) in [7, 11) is 1.53. The van der Waals surface area contributed by atoms with Crippen molar-refractivity contribution >= 4 is 11.9 Å². The molecule has 0 radical (unpaired) electrons. The normalized spacial score (nSPS) is 9.74. The molecule has 0 fully saturated rings. The summed E-state index contributed by atoms with van der Waals surface area (Å²) in [6, 6.07) is 8.89. The summed E-state index contributed by atoms with van der Waals surface area (Å²) in [5.74, 6) is -0.389. The van der Waals surface area contributed by atoms with Gasteiger partial charge in [0.25, 0.3) is 5.91 Å². The second-order valence-corrected chi connectivity index (χ2v) is 3.61. The van der Waals surface area contributed by atoms with Crippen LogP contribution in [0.15, 0.2) is 30.3 Å². The van der Waals surface area contributed by atoms with Gasteiger partial charge in [0.15, 0.2) is 13.2 Å². The molecule has 6 heteroatoms. The van der Waals surface area contributed by atoms with Crippen LogP contribution in [0, 0.1) is 0 Å². The highest BCUT2D eigenvalue weighted by Crippen LogP contribution is 2.07. The fraction of sp³-hybridized carbons (Fsp3) is 0.385. The maximum atomic E-state index is 11.3. The van der Waals surface area contributed by atoms with Crippen LogP contribution in [0.3, 0.4) is 0 Å². The van der Waals surface area contributed by atoms with Crippen LogP contribution >= 0.6 is 0 Å². The van der Waals surface area contributed by atoms with Gasteiger partial charge >= 0.3 is 5.97 Å². The second-order valence-electron chi connectivity index (χ2n) is 3.61. The largest absolute Gasteiger partial charge is 0.482 e. The van der Waals surface area contributed by atoms with E-state index in [9.17, 15) is 9.59 Å². The van der Waals surface area contributed by atoms with Gasteiger partial charge in [-0.3, -0.25) is 4.79 Å². The van der Waals surface area contributed by atoms with Crippen molar-refractivity contribution in [1.29, 1.82) is 0 Å². The van der Waals surface area contributed by atoms with Gasteiger partial charge in [-0.2, -0.15) is 0 Å². The molecule has 1 aromatic carbocycles. The molecule has 0 spiro atoms. The van der Waals surface area contributed by atoms with E-state index in [-0.39, 0.29) is 19.1 Å². The van der Waals surface area contributed by atoms with Gasteiger partial charge in [0, 0.05) is 13.7 Å². The van der Waals surface area contributed by atoms with Crippen molar-refractivity contribution in [3.8, 4) is 5.75 Å². The molecule has 0 saturated carbocycles. The molecule has 6 nitrogen and oxygen atoms in total. The third kappa shape index (κ3) is 7.05. The molecule has 0 bridgehead atoms. The second kappa shape index (κ2) is 8.93. The summed E-state index contributed by atoms with van der Waals surface area (Å²) < 4.78 is 14.7. The standard InChI is InChI=1S/C13H17NO5/c1-17-8-7-14-12(15)9-19-13(16)10-18-11-5-3-2-4-6-11/h2-6H,7-10H2,1H3,(H,14,15). The predicted molar refractivity (Wildman–Crippen MR) is 67.8 cm³/mol. The number of ether oxygens (including phenoxy) is 3. The Bertz CT molecular complexity index is 393. The highest BCUT2D eigenvalue weighted by atomic mass is 16.6. The first-order chi connectivity index (χ1) is 9.22. The minimum Gasteiger partial charge on any atom is -0.482 e. The molecule has 0 aliphatic carbocycles. The molecule has 0 aliphatic heterocycles. The number of rotatable bonds is 8. The molecule has 1 rings (SSSR count). The zero-order valence-corrected chi connectivity index (χ0v) is 10.8. The minimum atomic E-state index is -0.592. The van der Waals surface area contributed by atoms with Crippen molar-refractivity contribution in [3.05, 3.63) is 30.3 Å². The topological polar surface area (TPSA) is 73.9 Å². The van der Waals surface area contributed by atoms with Crippen molar-refractivity contribution in [2.24, 2.45) is 0 Å². The first kappa shape index (κ1) is 15.0. The van der Waals surface area contributed by atoms with Crippen LogP contribution in [-0.4, -0.2) is 45.4 Å². The fourth-order valence-corrected chi connectivity index (χ4v) is 1.19. The van der Waals surface area contributed by atoms with E-state index < -0.39 is 5.97 Å². The first-order valence-electron chi connectivity index (χ1n) is 5.81. The van der Waals surface area contributed by atoms with E-state index in [1.54, 1.807) is 24.3 Å². The number of hydrogen-bond donors (Lipinski definition) is 1. The van der Waals surface area contributed by atoms with Crippen molar-refractivity contribution < 1.29 is 23.8 Å². The maximum absolute atomic E-state index is 11.3. The molecule has 0 aliphatic rings. The van der Waals surface area contributed by atoms with E-state index >= 15 is 0 Å². The zero-order valence-electron chi connectivity index (χ0n) is 10.8. The van der Waals surface area contributed by atoms with Gasteiger partial charge in [-0.05, 0) is 12.1 Å². The quantitative estimate of drug-likeness (QED) is 0.544. The Hall–Kier alpha value is -2.08. The maximum Gasteiger partial charge on any atom is 0.344 e. The summed E-state index contributed by atoms with van der Waals surface area (Å²) in [6.07, 6.45) is 0. The van der Waals surface area contributed by atoms with Gasteiger partial charge in [0.1, 0.15) is 5.75 Å². The molecular weight excluding hydrogens is 250 g/mol. The van der Waals surface area contributed by atoms with Crippen LogP contribution in [-0.2, 0) is 19.1 Å². The Kier molecular flexibility index (Phi) is 7.04. The predicted octanol–water partition coefficient (Wildman–Crippen LogP) is 0.371. The van der Waals surface area contributed by atoms with Crippen molar-refractivity contribution in [1.82, 2.24) is 5.32 Å². The molecule has 0 heterocycles. The molecule has 0 saturated heterocycles. The number of para-hydroxylation sites is 1. The SMILES string of the molecule is COCCNC(=O)COC(=O)COc1ccccc1. The average Bonchev–Trinajstić information content (AvgIpc) is 2.44. The molecular formula is C13H17NO5. The number of amides is 1. The van der Waals surface area contributed by atoms with Crippen LogP contribution in [0.5, 0.6) is 5.75 Å². The van der Waals surface area contributed by atoms with E-state index in [0.717, 1.165) is 0 Å². The average molecular weight is 267 g/mol. The van der Waals surface area contributed by atoms with E-state index in [1.807, 2.05) is 6.07 Å². The van der Waals surface area contributed by atoms with Gasteiger partial charge < -0.3 is 19.5 Å². The number of carbonyl (C=O) groups excluding carboxylic acids is 2. The Morgan fingerprint density at radius 1 is 1.16 bits per heavy atom. The van der Waals surface area contributed by atoms with E-state index in [2.05, 4.69) is 5.32 Å². The molecule has 0 atom stereocenters. The van der Waals surface area contributed by atoms with Gasteiger partial charge in [-0.1, -0.05) is 18.2 Å². The highest BCUT2D eigenvalue weighted by Gasteiger charge is 2.07. The van der Waals surface area contributed by atoms with Crippen LogP contribution in [0.25, 0.3) is 0 Å². The Morgan fingerprint density at radius 2 is 1.89 bits per heavy atom. The number of esters is 1. The monoisotopic (exact) mass is 267 g/mol. The Balaban J connectivity index is 2.12. The molecule has 1 N–H and O–H groups in total. The lowest BCUT2D eigenvalue weighted by Gasteiger charge is -2.07. The van der Waals surface area contributed by atoms with Crippen molar-refractivity contribution in [2.75, 3.05) is 33.5 Å². The molecule has 19 heavy (non-hydrogen) atoms. The summed E-state index contributed by atoms with van der Waals surface area (Å²) in [5.41, 5.74) is 0. The number of carbonyl (C=O) groups is 2. The minimum absolute atomic E-state index is 0.227. The molecule has 1 aromatic rings. The number of methoxy groups -OCH3 is 1. The van der Waals surface area contributed by atoms with Crippen LogP contribution in [0.2, 0.25) is 0 Å². The van der Waals surface area contributed by atoms with E-state index in [0.29, 0.717) is 18.9 Å². The van der Waals surface area contributed by atoms with Crippen LogP contribution < -0.4 is 10.1 Å². The smallest absolute Gasteiger partial charge is 0.344 e. The lowest BCUT2D eigenvalue weighted by molar-refractivity contribution is -0.150. The summed E-state index contributed by atoms with van der Waals surface area (Å²) in [6.45, 7) is 0.250. The van der Waals surface area contributed by atoms with Gasteiger partial charge in [-0.25, -0.2) is 4.79 Å². The third-order valence-electron chi connectivity index (χ3n) is 2.09. The van der Waals surface area contributed by atoms with Crippen LogP contribution in [0.4, 0.5) is 0 Å². The van der Waals surface area contributed by atoms with Gasteiger partial charge in [0.05, 0.1) is 6.61 Å². The van der Waals surface area contributed by atoms with Gasteiger partial charge in [-0.15, -0.1) is 0 Å². The lowest BCUT2D eigenvalue weighted by Crippen LogP contribution is -2.32. The van der Waals surface area contributed by atoms with Crippen molar-refractivity contribution in [3.63, 3.8) is 0 Å². The van der Waals surface area contributed by atoms with Crippen LogP contribution in [0.1, 0.15) is 0 Å². The number of nitrogens with one attached hydrogen (secondary N) is 1. The summed E-state index contributed by atoms with van der Waals surface area (Å²) >= 11 is 0. The molecule has 104 valence electrons. The number of hydrogen-bond acceptors (Lipinski definition) is 5. The Labute approximate surface area is 111 Å². The fourth-order valence-electron chi connectivity index (χ4n) is 1.19. The molecule has 0 aromatic heterocycles. The van der Waals surface area contributed by atoms with E-state index in [4.69, 9.17) is 14.2 Å². The lowest BCUT2D eigenvalue weighted by atomic mass is 10.3. The third-order valence-corrected chi connectivity index (χ3v) is 2.09. The molecule has 0 unspecified atom stereocenters. The Morgan fingerprint density at radius 3 is 2.58 bits per heavy atom.